The average molecular weight is 386 g/mol. The average Bonchev–Trinajstić information content (AvgIpc) is 2.78. The molecule has 21 heavy (non-hydrogen) atoms. The van der Waals surface area contributed by atoms with E-state index in [9.17, 15) is 21.6 Å². The molecule has 0 N–H and O–H groups in total. The second kappa shape index (κ2) is 5.79. The first-order chi connectivity index (χ1) is 9.68. The third-order valence-corrected chi connectivity index (χ3v) is 5.99. The molecular weight excluding hydrogens is 371 g/mol. The zero-order valence-electron chi connectivity index (χ0n) is 11.3. The number of alkyl halides is 4. The molecule has 2 atom stereocenters. The quantitative estimate of drug-likeness (QED) is 0.746. The fourth-order valence-corrected chi connectivity index (χ4v) is 4.26. The summed E-state index contributed by atoms with van der Waals surface area (Å²) in [6.45, 7) is 2.93. The van der Waals surface area contributed by atoms with Crippen LogP contribution in [0.3, 0.4) is 0 Å². The van der Waals surface area contributed by atoms with Crippen molar-refractivity contribution in [3.8, 4) is 0 Å². The molecule has 0 spiro atoms. The van der Waals surface area contributed by atoms with Gasteiger partial charge in [0.2, 0.25) is 0 Å². The van der Waals surface area contributed by atoms with Crippen molar-refractivity contribution < 1.29 is 21.6 Å². The van der Waals surface area contributed by atoms with E-state index in [1.165, 1.54) is 12.1 Å². The first-order valence-corrected chi connectivity index (χ1v) is 9.03. The highest BCUT2D eigenvalue weighted by atomic mass is 79.9. The lowest BCUT2D eigenvalue weighted by molar-refractivity contribution is -0.0436. The Kier molecular flexibility index (Phi) is 4.58. The van der Waals surface area contributed by atoms with Crippen molar-refractivity contribution in [1.82, 2.24) is 0 Å². The van der Waals surface area contributed by atoms with Gasteiger partial charge in [-0.05, 0) is 36.6 Å². The van der Waals surface area contributed by atoms with Crippen LogP contribution in [0.5, 0.6) is 0 Å². The Balaban J connectivity index is 2.28. The van der Waals surface area contributed by atoms with Gasteiger partial charge in [-0.25, -0.2) is 8.42 Å². The minimum atomic E-state index is -5.27. The van der Waals surface area contributed by atoms with E-state index >= 15 is 0 Å². The van der Waals surface area contributed by atoms with Crippen LogP contribution in [0.2, 0.25) is 0 Å². The maximum Gasteiger partial charge on any atom is 0.501 e. The van der Waals surface area contributed by atoms with Gasteiger partial charge in [0.15, 0.2) is 0 Å². The van der Waals surface area contributed by atoms with Crippen LogP contribution in [0.25, 0.3) is 0 Å². The molecule has 0 amide bonds. The Labute approximate surface area is 130 Å². The second-order valence-corrected chi connectivity index (χ2v) is 7.71. The summed E-state index contributed by atoms with van der Waals surface area (Å²) in [6.07, 6.45) is 0.999. The van der Waals surface area contributed by atoms with Crippen molar-refractivity contribution in [2.45, 2.75) is 29.8 Å². The van der Waals surface area contributed by atoms with Gasteiger partial charge in [-0.1, -0.05) is 22.9 Å². The van der Waals surface area contributed by atoms with E-state index in [0.717, 1.165) is 36.1 Å². The number of hydrogen-bond donors (Lipinski definition) is 0. The van der Waals surface area contributed by atoms with Crippen molar-refractivity contribution in [2.24, 2.45) is 5.92 Å². The molecule has 0 aliphatic carbocycles. The summed E-state index contributed by atoms with van der Waals surface area (Å²) in [5, 5.41) is 0.761. The van der Waals surface area contributed by atoms with E-state index in [1.807, 2.05) is 0 Å². The molecule has 0 aromatic heterocycles. The minimum Gasteiger partial charge on any atom is -0.367 e. The highest BCUT2D eigenvalue weighted by molar-refractivity contribution is 9.09. The highest BCUT2D eigenvalue weighted by Crippen LogP contribution is 2.34. The molecule has 1 heterocycles. The Morgan fingerprint density at radius 3 is 2.33 bits per heavy atom. The normalized spacial score (nSPS) is 23.6. The summed E-state index contributed by atoms with van der Waals surface area (Å²) >= 11 is 3.44. The molecule has 2 rings (SSSR count). The molecule has 0 saturated carbocycles. The summed E-state index contributed by atoms with van der Waals surface area (Å²) in [5.74, 6) is 0.475. The van der Waals surface area contributed by atoms with E-state index in [-0.39, 0.29) is 6.04 Å². The fourth-order valence-electron chi connectivity index (χ4n) is 2.51. The molecule has 1 fully saturated rings. The fraction of sp³-hybridized carbons (Fsp3) is 0.538. The third kappa shape index (κ3) is 3.06. The number of halogens is 4. The van der Waals surface area contributed by atoms with Crippen LogP contribution in [-0.2, 0) is 9.84 Å². The van der Waals surface area contributed by atoms with E-state index in [1.54, 1.807) is 0 Å². The number of nitrogens with zero attached hydrogens (tertiary/aromatic N) is 1. The van der Waals surface area contributed by atoms with Gasteiger partial charge < -0.3 is 4.90 Å². The van der Waals surface area contributed by atoms with E-state index in [0.29, 0.717) is 5.92 Å². The van der Waals surface area contributed by atoms with Gasteiger partial charge in [0.25, 0.3) is 9.84 Å². The van der Waals surface area contributed by atoms with Crippen molar-refractivity contribution in [3.05, 3.63) is 24.3 Å². The van der Waals surface area contributed by atoms with Crippen LogP contribution < -0.4 is 4.90 Å². The van der Waals surface area contributed by atoms with Gasteiger partial charge >= 0.3 is 5.51 Å². The molecule has 2 unspecified atom stereocenters. The zero-order valence-corrected chi connectivity index (χ0v) is 13.7. The number of sulfone groups is 1. The molecule has 1 aromatic carbocycles. The van der Waals surface area contributed by atoms with E-state index in [2.05, 4.69) is 27.8 Å². The predicted octanol–water partition coefficient (Wildman–Crippen LogP) is 3.59. The lowest BCUT2D eigenvalue weighted by atomic mass is 10.1. The minimum absolute atomic E-state index is 0.259. The molecule has 3 nitrogen and oxygen atoms in total. The summed E-state index contributed by atoms with van der Waals surface area (Å²) in [7, 11) is -5.27. The summed E-state index contributed by atoms with van der Waals surface area (Å²) < 4.78 is 60.1. The van der Waals surface area contributed by atoms with Gasteiger partial charge in [-0.3, -0.25) is 0 Å². The van der Waals surface area contributed by atoms with Gasteiger partial charge in [0.05, 0.1) is 4.90 Å². The Morgan fingerprint density at radius 2 is 1.86 bits per heavy atom. The number of rotatable bonds is 3. The topological polar surface area (TPSA) is 37.4 Å². The van der Waals surface area contributed by atoms with Crippen molar-refractivity contribution in [1.29, 1.82) is 0 Å². The highest BCUT2D eigenvalue weighted by Gasteiger charge is 2.46. The van der Waals surface area contributed by atoms with Crippen LogP contribution in [-0.4, -0.2) is 31.8 Å². The van der Waals surface area contributed by atoms with Crippen LogP contribution in [0.15, 0.2) is 29.2 Å². The van der Waals surface area contributed by atoms with Gasteiger partial charge in [-0.2, -0.15) is 13.2 Å². The molecular formula is C13H15BrF3NO2S. The molecule has 1 saturated heterocycles. The van der Waals surface area contributed by atoms with Crippen LogP contribution in [0.1, 0.15) is 13.3 Å². The van der Waals surface area contributed by atoms with Crippen LogP contribution >= 0.6 is 15.9 Å². The Morgan fingerprint density at radius 1 is 1.29 bits per heavy atom. The van der Waals surface area contributed by atoms with Gasteiger partial charge in [0, 0.05) is 23.6 Å². The summed E-state index contributed by atoms with van der Waals surface area (Å²) in [4.78, 5) is 1.37. The first kappa shape index (κ1) is 16.6. The van der Waals surface area contributed by atoms with Gasteiger partial charge in [0.1, 0.15) is 0 Å². The standard InChI is InChI=1S/C13H15BrF3NO2S/c1-9-6-7-18(12(9)8-14)10-2-4-11(5-3-10)21(19,20)13(15,16)17/h2-5,9,12H,6-8H2,1H3. The molecule has 118 valence electrons. The van der Waals surface area contributed by atoms with Gasteiger partial charge in [-0.15, -0.1) is 0 Å². The SMILES string of the molecule is CC1CCN(c2ccc(S(=O)(=O)C(F)(F)F)cc2)C1CBr. The van der Waals surface area contributed by atoms with Crippen LogP contribution in [0.4, 0.5) is 18.9 Å². The molecule has 1 aliphatic heterocycles. The van der Waals surface area contributed by atoms with E-state index < -0.39 is 20.2 Å². The monoisotopic (exact) mass is 385 g/mol. The Hall–Kier alpha value is -0.760. The Bertz CT molecular complexity index is 601. The van der Waals surface area contributed by atoms with Crippen molar-refractivity contribution in [2.75, 3.05) is 16.8 Å². The largest absolute Gasteiger partial charge is 0.501 e. The third-order valence-electron chi connectivity index (χ3n) is 3.82. The maximum absolute atomic E-state index is 12.5. The number of anilines is 1. The molecule has 1 aromatic rings. The zero-order chi connectivity index (χ0) is 15.8. The molecule has 0 radical (unpaired) electrons. The number of hydrogen-bond acceptors (Lipinski definition) is 3. The first-order valence-electron chi connectivity index (χ1n) is 6.42. The van der Waals surface area contributed by atoms with Crippen LogP contribution in [0, 0.1) is 5.92 Å². The maximum atomic E-state index is 12.5. The molecule has 8 heteroatoms. The summed E-state index contributed by atoms with van der Waals surface area (Å²) in [5.41, 5.74) is -4.53. The molecule has 1 aliphatic rings. The smallest absolute Gasteiger partial charge is 0.367 e. The van der Waals surface area contributed by atoms with Crippen molar-refractivity contribution >= 4 is 31.5 Å². The lowest BCUT2D eigenvalue weighted by Gasteiger charge is -2.27. The number of benzene rings is 1. The predicted molar refractivity (Wildman–Crippen MR) is 78.4 cm³/mol. The second-order valence-electron chi connectivity index (χ2n) is 5.12. The summed E-state index contributed by atoms with van der Waals surface area (Å²) in [6, 6.07) is 5.17. The van der Waals surface area contributed by atoms with E-state index in [4.69, 9.17) is 0 Å². The van der Waals surface area contributed by atoms with Crippen molar-refractivity contribution in [3.63, 3.8) is 0 Å². The lowest BCUT2D eigenvalue weighted by Crippen LogP contribution is -2.33. The molecule has 0 bridgehead atoms.